The smallest absolute Gasteiger partial charge is 0.267 e. The normalized spacial score (nSPS) is 10.7. The molecule has 0 aliphatic carbocycles. The zero-order valence-corrected chi connectivity index (χ0v) is 14.3. The second-order valence-electron chi connectivity index (χ2n) is 5.38. The van der Waals surface area contributed by atoms with Crippen LogP contribution in [0.3, 0.4) is 0 Å². The second kappa shape index (κ2) is 9.46. The molecule has 0 aromatic heterocycles. The van der Waals surface area contributed by atoms with E-state index < -0.39 is 5.91 Å². The van der Waals surface area contributed by atoms with E-state index in [0.717, 1.165) is 28.2 Å². The van der Waals surface area contributed by atoms with Gasteiger partial charge in [0.2, 0.25) is 0 Å². The van der Waals surface area contributed by atoms with Crippen LogP contribution in [-0.4, -0.2) is 25.3 Å². The van der Waals surface area contributed by atoms with Crippen molar-refractivity contribution in [3.63, 3.8) is 0 Å². The van der Waals surface area contributed by atoms with E-state index >= 15 is 0 Å². The summed E-state index contributed by atoms with van der Waals surface area (Å²) in [5, 5.41) is 11.8. The third-order valence-electron chi connectivity index (χ3n) is 3.59. The lowest BCUT2D eigenvalue weighted by Gasteiger charge is -2.10. The van der Waals surface area contributed by atoms with E-state index in [1.807, 2.05) is 42.5 Å². The van der Waals surface area contributed by atoms with Gasteiger partial charge in [-0.15, -0.1) is 0 Å². The Labute approximate surface area is 147 Å². The monoisotopic (exact) mass is 342 g/mol. The van der Waals surface area contributed by atoms with E-state index in [9.17, 15) is 4.79 Å². The van der Waals surface area contributed by atoms with Crippen LogP contribution in [0.5, 0.6) is 11.5 Å². The van der Waals surface area contributed by atoms with Crippen molar-refractivity contribution in [1.29, 1.82) is 0 Å². The van der Waals surface area contributed by atoms with Crippen LogP contribution in [0.2, 0.25) is 0 Å². The van der Waals surface area contributed by atoms with Crippen LogP contribution in [0.25, 0.3) is 6.08 Å². The third kappa shape index (κ3) is 5.95. The van der Waals surface area contributed by atoms with Crippen molar-refractivity contribution in [2.45, 2.75) is 13.1 Å². The largest absolute Gasteiger partial charge is 0.497 e. The number of nitrogens with one attached hydrogen (secondary N) is 2. The molecule has 25 heavy (non-hydrogen) atoms. The summed E-state index contributed by atoms with van der Waals surface area (Å²) < 4.78 is 10.5. The van der Waals surface area contributed by atoms with E-state index in [1.165, 1.54) is 6.08 Å². The molecule has 0 atom stereocenters. The number of hydrogen-bond donors (Lipinski definition) is 3. The van der Waals surface area contributed by atoms with Crippen molar-refractivity contribution in [1.82, 2.24) is 10.8 Å². The van der Waals surface area contributed by atoms with Gasteiger partial charge < -0.3 is 14.8 Å². The Bertz CT molecular complexity index is 704. The van der Waals surface area contributed by atoms with E-state index in [4.69, 9.17) is 14.7 Å². The van der Waals surface area contributed by atoms with E-state index in [0.29, 0.717) is 13.1 Å². The van der Waals surface area contributed by atoms with Gasteiger partial charge in [-0.1, -0.05) is 24.3 Å². The molecule has 0 radical (unpaired) electrons. The third-order valence-corrected chi connectivity index (χ3v) is 3.59. The van der Waals surface area contributed by atoms with Crippen molar-refractivity contribution < 1.29 is 19.5 Å². The first kappa shape index (κ1) is 18.5. The SMILES string of the molecule is COc1cc(CNCc2ccc(/C=C/C(=O)NO)cc2)cc(OC)c1. The van der Waals surface area contributed by atoms with E-state index in [2.05, 4.69) is 5.32 Å². The minimum absolute atomic E-state index is 0.556. The standard InChI is InChI=1S/C19H22N2O4/c1-24-17-9-16(10-18(11-17)25-2)13-20-12-15-5-3-14(4-6-15)7-8-19(22)21-23/h3-11,20,23H,12-13H2,1-2H3,(H,21,22)/b8-7+. The highest BCUT2D eigenvalue weighted by Gasteiger charge is 2.02. The molecular formula is C19H22N2O4. The first-order chi connectivity index (χ1) is 12.1. The van der Waals surface area contributed by atoms with Gasteiger partial charge in [-0.3, -0.25) is 10.0 Å². The minimum Gasteiger partial charge on any atom is -0.497 e. The zero-order chi connectivity index (χ0) is 18.1. The van der Waals surface area contributed by atoms with Crippen LogP contribution in [0.4, 0.5) is 0 Å². The molecule has 0 aliphatic rings. The Morgan fingerprint density at radius 2 is 1.60 bits per heavy atom. The molecule has 3 N–H and O–H groups in total. The number of carbonyl (C=O) groups excluding carboxylic acids is 1. The number of carbonyl (C=O) groups is 1. The van der Waals surface area contributed by atoms with Crippen molar-refractivity contribution in [2.75, 3.05) is 14.2 Å². The lowest BCUT2D eigenvalue weighted by molar-refractivity contribution is -0.124. The molecule has 132 valence electrons. The summed E-state index contributed by atoms with van der Waals surface area (Å²) in [6, 6.07) is 13.6. The summed E-state index contributed by atoms with van der Waals surface area (Å²) in [4.78, 5) is 10.9. The summed E-state index contributed by atoms with van der Waals surface area (Å²) in [6.07, 6.45) is 2.90. The molecule has 0 saturated carbocycles. The number of hydrogen-bond acceptors (Lipinski definition) is 5. The maximum Gasteiger partial charge on any atom is 0.267 e. The molecule has 0 saturated heterocycles. The predicted octanol–water partition coefficient (Wildman–Crippen LogP) is 2.51. The summed E-state index contributed by atoms with van der Waals surface area (Å²) in [7, 11) is 3.26. The quantitative estimate of drug-likeness (QED) is 0.390. The first-order valence-corrected chi connectivity index (χ1v) is 7.78. The number of hydroxylamine groups is 1. The van der Waals surface area contributed by atoms with Gasteiger partial charge in [-0.05, 0) is 34.9 Å². The number of benzene rings is 2. The fourth-order valence-electron chi connectivity index (χ4n) is 2.28. The van der Waals surface area contributed by atoms with Crippen molar-refractivity contribution >= 4 is 12.0 Å². The lowest BCUT2D eigenvalue weighted by atomic mass is 10.1. The van der Waals surface area contributed by atoms with Gasteiger partial charge in [0.1, 0.15) is 11.5 Å². The van der Waals surface area contributed by atoms with Crippen molar-refractivity contribution in [3.05, 3.63) is 65.2 Å². The zero-order valence-electron chi connectivity index (χ0n) is 14.3. The average Bonchev–Trinajstić information content (AvgIpc) is 2.66. The van der Waals surface area contributed by atoms with Gasteiger partial charge in [0.15, 0.2) is 0 Å². The van der Waals surface area contributed by atoms with Gasteiger partial charge >= 0.3 is 0 Å². The molecule has 0 fully saturated rings. The molecule has 2 aromatic carbocycles. The molecule has 6 heteroatoms. The predicted molar refractivity (Wildman–Crippen MR) is 95.5 cm³/mol. The Hall–Kier alpha value is -2.83. The average molecular weight is 342 g/mol. The highest BCUT2D eigenvalue weighted by atomic mass is 16.5. The Balaban J connectivity index is 1.89. The van der Waals surface area contributed by atoms with Gasteiger partial charge in [-0.2, -0.15) is 0 Å². The molecule has 0 bridgehead atoms. The first-order valence-electron chi connectivity index (χ1n) is 7.78. The highest BCUT2D eigenvalue weighted by Crippen LogP contribution is 2.22. The lowest BCUT2D eigenvalue weighted by Crippen LogP contribution is -2.14. The van der Waals surface area contributed by atoms with Crippen LogP contribution >= 0.6 is 0 Å². The summed E-state index contributed by atoms with van der Waals surface area (Å²) in [5.74, 6) is 0.970. The molecule has 0 aliphatic heterocycles. The van der Waals surface area contributed by atoms with Crippen LogP contribution in [0.1, 0.15) is 16.7 Å². The highest BCUT2D eigenvalue weighted by molar-refractivity contribution is 5.90. The topological polar surface area (TPSA) is 79.8 Å². The van der Waals surface area contributed by atoms with Crippen LogP contribution in [0, 0.1) is 0 Å². The number of rotatable bonds is 8. The molecule has 0 heterocycles. The van der Waals surface area contributed by atoms with Gasteiger partial charge in [0.05, 0.1) is 14.2 Å². The van der Waals surface area contributed by atoms with Gasteiger partial charge in [-0.25, -0.2) is 5.48 Å². The molecule has 1 amide bonds. The van der Waals surface area contributed by atoms with Crippen molar-refractivity contribution in [3.8, 4) is 11.5 Å². The van der Waals surface area contributed by atoms with Crippen molar-refractivity contribution in [2.24, 2.45) is 0 Å². The summed E-state index contributed by atoms with van der Waals surface area (Å²) >= 11 is 0. The van der Waals surface area contributed by atoms with Gasteiger partial charge in [0.25, 0.3) is 5.91 Å². The molecule has 2 aromatic rings. The number of amides is 1. The maximum atomic E-state index is 10.9. The van der Waals surface area contributed by atoms with Crippen LogP contribution < -0.4 is 20.3 Å². The summed E-state index contributed by atoms with van der Waals surface area (Å²) in [5.41, 5.74) is 4.63. The maximum absolute atomic E-state index is 10.9. The van der Waals surface area contributed by atoms with Crippen LogP contribution in [-0.2, 0) is 17.9 Å². The van der Waals surface area contributed by atoms with Crippen LogP contribution in [0.15, 0.2) is 48.5 Å². The molecule has 6 nitrogen and oxygen atoms in total. The van der Waals surface area contributed by atoms with E-state index in [-0.39, 0.29) is 0 Å². The molecule has 2 rings (SSSR count). The second-order valence-corrected chi connectivity index (χ2v) is 5.38. The Morgan fingerprint density at radius 3 is 2.16 bits per heavy atom. The van der Waals surface area contributed by atoms with Gasteiger partial charge in [0, 0.05) is 25.2 Å². The molecule has 0 spiro atoms. The Morgan fingerprint density at radius 1 is 1.00 bits per heavy atom. The summed E-state index contributed by atoms with van der Waals surface area (Å²) in [6.45, 7) is 1.40. The molecule has 0 unspecified atom stereocenters. The fourth-order valence-corrected chi connectivity index (χ4v) is 2.28. The molecular weight excluding hydrogens is 320 g/mol. The number of methoxy groups -OCH3 is 2. The van der Waals surface area contributed by atoms with E-state index in [1.54, 1.807) is 25.8 Å². The number of ether oxygens (including phenoxy) is 2. The minimum atomic E-state index is -0.556. The fraction of sp³-hybridized carbons (Fsp3) is 0.211. The Kier molecular flexibility index (Phi) is 7.00.